The summed E-state index contributed by atoms with van der Waals surface area (Å²) in [6.07, 6.45) is 21.0. The Hall–Kier alpha value is -0.0800. The Balaban J connectivity index is 3.11. The van der Waals surface area contributed by atoms with Crippen LogP contribution in [0.15, 0.2) is 0 Å². The quantitative estimate of drug-likeness (QED) is 0.200. The van der Waals surface area contributed by atoms with Crippen LogP contribution in [0.1, 0.15) is 117 Å². The number of hydrogen-bond donors (Lipinski definition) is 0. The van der Waals surface area contributed by atoms with Crippen molar-refractivity contribution in [2.24, 2.45) is 0 Å². The summed E-state index contributed by atoms with van der Waals surface area (Å²) in [5.41, 5.74) is 0. The molecule has 0 aromatic heterocycles. The summed E-state index contributed by atoms with van der Waals surface area (Å²) in [6, 6.07) is 0. The first-order chi connectivity index (χ1) is 10.8. The Morgan fingerprint density at radius 1 is 0.455 bits per heavy atom. The third-order valence-electron chi connectivity index (χ3n) is 4.52. The molecule has 0 atom stereocenters. The standard InChI is InChI=1S/C20H42NO/c1-3-5-7-9-11-13-15-17-19-21(22)20-18-16-14-12-10-8-6-4-2/h3-20H2,1-2H3/q-1. The maximum absolute atomic E-state index is 11.7. The summed E-state index contributed by atoms with van der Waals surface area (Å²) < 4.78 is 0. The lowest BCUT2D eigenvalue weighted by molar-refractivity contribution is 0.350. The van der Waals surface area contributed by atoms with Crippen LogP contribution in [0.3, 0.4) is 0 Å². The fraction of sp³-hybridized carbons (Fsp3) is 1.00. The Morgan fingerprint density at radius 3 is 1.05 bits per heavy atom. The van der Waals surface area contributed by atoms with Gasteiger partial charge in [0.25, 0.3) is 0 Å². The largest absolute Gasteiger partial charge is 0.785 e. The van der Waals surface area contributed by atoms with Crippen LogP contribution >= 0.6 is 0 Å². The molecule has 0 fully saturated rings. The van der Waals surface area contributed by atoms with E-state index in [1.54, 1.807) is 0 Å². The molecule has 0 radical (unpaired) electrons. The molecule has 0 unspecified atom stereocenters. The van der Waals surface area contributed by atoms with E-state index >= 15 is 0 Å². The third-order valence-corrected chi connectivity index (χ3v) is 4.52. The smallest absolute Gasteiger partial charge is 0.0145 e. The SMILES string of the molecule is CCCCCCCCCCN([O-])CCCCCCCCCC. The second-order valence-corrected chi connectivity index (χ2v) is 6.88. The number of nitrogens with zero attached hydrogens (tertiary/aromatic N) is 1. The molecule has 134 valence electrons. The van der Waals surface area contributed by atoms with Crippen molar-refractivity contribution in [1.82, 2.24) is 5.06 Å². The second-order valence-electron chi connectivity index (χ2n) is 6.88. The maximum atomic E-state index is 11.7. The van der Waals surface area contributed by atoms with Crippen LogP contribution < -0.4 is 0 Å². The van der Waals surface area contributed by atoms with Crippen molar-refractivity contribution < 1.29 is 0 Å². The summed E-state index contributed by atoms with van der Waals surface area (Å²) in [4.78, 5) is 0. The van der Waals surface area contributed by atoms with Gasteiger partial charge in [-0.25, -0.2) is 0 Å². The molecule has 0 saturated carbocycles. The minimum atomic E-state index is 0.755. The highest BCUT2D eigenvalue weighted by atomic mass is 16.5. The highest BCUT2D eigenvalue weighted by Crippen LogP contribution is 2.10. The molecule has 0 aliphatic carbocycles. The minimum Gasteiger partial charge on any atom is -0.785 e. The molecular formula is C20H42NO-. The number of rotatable bonds is 18. The number of hydrogen-bond acceptors (Lipinski definition) is 2. The van der Waals surface area contributed by atoms with Gasteiger partial charge in [0.1, 0.15) is 0 Å². The fourth-order valence-electron chi connectivity index (χ4n) is 2.96. The monoisotopic (exact) mass is 312 g/mol. The molecule has 0 aliphatic heterocycles. The van der Waals surface area contributed by atoms with Crippen LogP contribution in [0, 0.1) is 5.21 Å². The van der Waals surface area contributed by atoms with E-state index in [1.807, 2.05) is 0 Å². The summed E-state index contributed by atoms with van der Waals surface area (Å²) in [6.45, 7) is 6.03. The maximum Gasteiger partial charge on any atom is -0.0145 e. The Labute approximate surface area is 140 Å². The first-order valence-electron chi connectivity index (χ1n) is 10.2. The average Bonchev–Trinajstić information content (AvgIpc) is 2.52. The zero-order valence-electron chi connectivity index (χ0n) is 15.6. The fourth-order valence-corrected chi connectivity index (χ4v) is 2.96. The van der Waals surface area contributed by atoms with Gasteiger partial charge < -0.3 is 10.3 Å². The van der Waals surface area contributed by atoms with Gasteiger partial charge in [-0.2, -0.15) is 0 Å². The van der Waals surface area contributed by atoms with Crippen molar-refractivity contribution in [3.8, 4) is 0 Å². The predicted octanol–water partition coefficient (Wildman–Crippen LogP) is 7.07. The summed E-state index contributed by atoms with van der Waals surface area (Å²) in [7, 11) is 0. The van der Waals surface area contributed by atoms with Crippen molar-refractivity contribution in [3.63, 3.8) is 0 Å². The molecule has 22 heavy (non-hydrogen) atoms. The van der Waals surface area contributed by atoms with Crippen LogP contribution in [0.25, 0.3) is 0 Å². The van der Waals surface area contributed by atoms with Crippen molar-refractivity contribution in [1.29, 1.82) is 0 Å². The van der Waals surface area contributed by atoms with E-state index in [0.29, 0.717) is 0 Å². The normalized spacial score (nSPS) is 11.5. The molecule has 0 saturated heterocycles. The summed E-state index contributed by atoms with van der Waals surface area (Å²) in [5, 5.41) is 13.0. The van der Waals surface area contributed by atoms with E-state index in [4.69, 9.17) is 0 Å². The van der Waals surface area contributed by atoms with Crippen molar-refractivity contribution in [3.05, 3.63) is 5.21 Å². The predicted molar refractivity (Wildman–Crippen MR) is 100 cm³/mol. The minimum absolute atomic E-state index is 0.755. The molecule has 0 heterocycles. The number of hydroxylamine groups is 2. The first kappa shape index (κ1) is 21.9. The number of unbranched alkanes of at least 4 members (excludes halogenated alkanes) is 14. The Kier molecular flexibility index (Phi) is 18.9. The van der Waals surface area contributed by atoms with E-state index in [9.17, 15) is 5.21 Å². The molecule has 2 nitrogen and oxygen atoms in total. The van der Waals surface area contributed by atoms with Crippen LogP contribution in [-0.2, 0) is 0 Å². The van der Waals surface area contributed by atoms with E-state index < -0.39 is 0 Å². The van der Waals surface area contributed by atoms with Gasteiger partial charge in [-0.05, 0) is 25.9 Å². The molecule has 0 aromatic carbocycles. The van der Waals surface area contributed by atoms with Gasteiger partial charge in [-0.1, -0.05) is 104 Å². The molecule has 0 bridgehead atoms. The first-order valence-corrected chi connectivity index (χ1v) is 10.2. The Bertz CT molecular complexity index is 176. The molecule has 0 rings (SSSR count). The van der Waals surface area contributed by atoms with E-state index in [-0.39, 0.29) is 0 Å². The van der Waals surface area contributed by atoms with Gasteiger partial charge in [0.15, 0.2) is 0 Å². The zero-order chi connectivity index (χ0) is 16.3. The average molecular weight is 313 g/mol. The van der Waals surface area contributed by atoms with E-state index in [1.165, 1.54) is 95.0 Å². The molecule has 0 aromatic rings. The van der Waals surface area contributed by atoms with Gasteiger partial charge in [-0.3, -0.25) is 0 Å². The van der Waals surface area contributed by atoms with Gasteiger partial charge in [0, 0.05) is 0 Å². The molecule has 2 heteroatoms. The highest BCUT2D eigenvalue weighted by Gasteiger charge is 1.95. The van der Waals surface area contributed by atoms with Gasteiger partial charge in [-0.15, -0.1) is 0 Å². The molecular weight excluding hydrogens is 270 g/mol. The van der Waals surface area contributed by atoms with Gasteiger partial charge in [0.2, 0.25) is 0 Å². The van der Waals surface area contributed by atoms with Crippen LogP contribution in [0.4, 0.5) is 0 Å². The van der Waals surface area contributed by atoms with E-state index in [0.717, 1.165) is 25.9 Å². The lowest BCUT2D eigenvalue weighted by atomic mass is 10.1. The van der Waals surface area contributed by atoms with Crippen LogP contribution in [0.5, 0.6) is 0 Å². The lowest BCUT2D eigenvalue weighted by Gasteiger charge is -2.27. The Morgan fingerprint density at radius 2 is 0.727 bits per heavy atom. The van der Waals surface area contributed by atoms with Crippen LogP contribution in [-0.4, -0.2) is 18.2 Å². The van der Waals surface area contributed by atoms with Crippen LogP contribution in [0.2, 0.25) is 0 Å². The molecule has 0 spiro atoms. The molecule has 0 N–H and O–H groups in total. The topological polar surface area (TPSA) is 26.3 Å². The van der Waals surface area contributed by atoms with Crippen molar-refractivity contribution in [2.75, 3.05) is 13.1 Å². The lowest BCUT2D eigenvalue weighted by Crippen LogP contribution is -2.18. The molecule has 0 amide bonds. The zero-order valence-corrected chi connectivity index (χ0v) is 15.6. The summed E-state index contributed by atoms with van der Waals surface area (Å²) in [5.74, 6) is 0. The van der Waals surface area contributed by atoms with Gasteiger partial charge >= 0.3 is 0 Å². The highest BCUT2D eigenvalue weighted by molar-refractivity contribution is 4.58. The second kappa shape index (κ2) is 19.0. The van der Waals surface area contributed by atoms with Gasteiger partial charge in [0.05, 0.1) is 0 Å². The summed E-state index contributed by atoms with van der Waals surface area (Å²) >= 11 is 0. The van der Waals surface area contributed by atoms with Crippen molar-refractivity contribution >= 4 is 0 Å². The third kappa shape index (κ3) is 18.0. The van der Waals surface area contributed by atoms with E-state index in [2.05, 4.69) is 13.8 Å². The molecule has 0 aliphatic rings. The van der Waals surface area contributed by atoms with Crippen molar-refractivity contribution in [2.45, 2.75) is 117 Å².